The standard InChI is InChI=1S/C13H16N2OS/c16-10-6-8-4-5-9(7-10)15(8)13-14-11-2-1-3-12(11)17-13/h8-9H,1-7H2. The first-order valence-electron chi connectivity index (χ1n) is 6.60. The molecule has 1 aromatic heterocycles. The summed E-state index contributed by atoms with van der Waals surface area (Å²) in [5.41, 5.74) is 1.33. The Morgan fingerprint density at radius 3 is 2.65 bits per heavy atom. The van der Waals surface area contributed by atoms with E-state index in [0.29, 0.717) is 17.9 Å². The third kappa shape index (κ3) is 1.46. The van der Waals surface area contributed by atoms with E-state index in [1.807, 2.05) is 11.3 Å². The Morgan fingerprint density at radius 2 is 1.94 bits per heavy atom. The van der Waals surface area contributed by atoms with Crippen molar-refractivity contribution in [2.24, 2.45) is 0 Å². The molecule has 0 aromatic carbocycles. The molecule has 0 spiro atoms. The lowest BCUT2D eigenvalue weighted by Crippen LogP contribution is -2.43. The predicted molar refractivity (Wildman–Crippen MR) is 67.7 cm³/mol. The fraction of sp³-hybridized carbons (Fsp3) is 0.692. The highest BCUT2D eigenvalue weighted by atomic mass is 32.1. The molecule has 3 nitrogen and oxygen atoms in total. The van der Waals surface area contributed by atoms with E-state index in [0.717, 1.165) is 19.3 Å². The molecule has 0 radical (unpaired) electrons. The second-order valence-electron chi connectivity index (χ2n) is 5.46. The second kappa shape index (κ2) is 3.55. The van der Waals surface area contributed by atoms with Gasteiger partial charge < -0.3 is 4.90 Å². The number of hydrogen-bond donors (Lipinski definition) is 0. The van der Waals surface area contributed by atoms with Crippen molar-refractivity contribution < 1.29 is 4.79 Å². The van der Waals surface area contributed by atoms with E-state index in [-0.39, 0.29) is 0 Å². The van der Waals surface area contributed by atoms with Crippen LogP contribution in [-0.2, 0) is 17.6 Å². The molecule has 0 amide bonds. The zero-order valence-corrected chi connectivity index (χ0v) is 10.6. The van der Waals surface area contributed by atoms with Gasteiger partial charge in [0.05, 0.1) is 5.69 Å². The number of aryl methyl sites for hydroxylation is 2. The van der Waals surface area contributed by atoms with Gasteiger partial charge in [0.25, 0.3) is 0 Å². The molecule has 2 aliphatic heterocycles. The minimum atomic E-state index is 0.451. The number of anilines is 1. The number of aromatic nitrogens is 1. The molecule has 2 bridgehead atoms. The fourth-order valence-electron chi connectivity index (χ4n) is 3.57. The average Bonchev–Trinajstić information content (AvgIpc) is 2.89. The van der Waals surface area contributed by atoms with Crippen LogP contribution in [0.3, 0.4) is 0 Å². The number of Topliss-reactive ketones (excluding diaryl/α,β-unsaturated/α-hetero) is 1. The molecule has 2 atom stereocenters. The maximum atomic E-state index is 11.6. The van der Waals surface area contributed by atoms with Crippen molar-refractivity contribution in [3.05, 3.63) is 10.6 Å². The number of fused-ring (bicyclic) bond motifs is 3. The maximum Gasteiger partial charge on any atom is 0.186 e. The summed E-state index contributed by atoms with van der Waals surface area (Å²) in [6.07, 6.45) is 7.52. The van der Waals surface area contributed by atoms with Crippen molar-refractivity contribution in [3.63, 3.8) is 0 Å². The number of nitrogens with zero attached hydrogens (tertiary/aromatic N) is 2. The molecule has 90 valence electrons. The van der Waals surface area contributed by atoms with Crippen molar-refractivity contribution in [1.82, 2.24) is 4.98 Å². The van der Waals surface area contributed by atoms with E-state index in [2.05, 4.69) is 4.90 Å². The Kier molecular flexibility index (Phi) is 2.10. The monoisotopic (exact) mass is 248 g/mol. The van der Waals surface area contributed by atoms with Crippen LogP contribution in [0.1, 0.15) is 42.7 Å². The topological polar surface area (TPSA) is 33.2 Å². The van der Waals surface area contributed by atoms with Gasteiger partial charge in [0.15, 0.2) is 5.13 Å². The van der Waals surface area contributed by atoms with Crippen molar-refractivity contribution in [1.29, 1.82) is 0 Å². The molecule has 2 fully saturated rings. The van der Waals surface area contributed by atoms with Crippen LogP contribution in [0, 0.1) is 0 Å². The van der Waals surface area contributed by atoms with Gasteiger partial charge in [-0.2, -0.15) is 0 Å². The number of carbonyl (C=O) groups is 1. The van der Waals surface area contributed by atoms with E-state index >= 15 is 0 Å². The third-order valence-corrected chi connectivity index (χ3v) is 5.52. The highest BCUT2D eigenvalue weighted by molar-refractivity contribution is 7.15. The van der Waals surface area contributed by atoms with Crippen molar-refractivity contribution >= 4 is 22.3 Å². The van der Waals surface area contributed by atoms with Gasteiger partial charge in [0, 0.05) is 29.8 Å². The van der Waals surface area contributed by atoms with Gasteiger partial charge in [-0.1, -0.05) is 0 Å². The number of hydrogen-bond acceptors (Lipinski definition) is 4. The van der Waals surface area contributed by atoms with Crippen LogP contribution in [0.5, 0.6) is 0 Å². The summed E-state index contributed by atoms with van der Waals surface area (Å²) in [6, 6.07) is 0.903. The molecule has 17 heavy (non-hydrogen) atoms. The molecular weight excluding hydrogens is 232 g/mol. The Bertz CT molecular complexity index is 444. The van der Waals surface area contributed by atoms with Crippen LogP contribution in [0.2, 0.25) is 0 Å². The summed E-state index contributed by atoms with van der Waals surface area (Å²) in [5.74, 6) is 0.456. The largest absolute Gasteiger partial charge is 0.341 e. The van der Waals surface area contributed by atoms with Gasteiger partial charge in [-0.3, -0.25) is 4.79 Å². The molecular formula is C13H16N2OS. The van der Waals surface area contributed by atoms with E-state index in [4.69, 9.17) is 4.98 Å². The first-order chi connectivity index (χ1) is 8.31. The summed E-state index contributed by atoms with van der Waals surface area (Å²) in [5, 5.41) is 1.20. The lowest BCUT2D eigenvalue weighted by atomic mass is 10.0. The lowest BCUT2D eigenvalue weighted by Gasteiger charge is -2.33. The van der Waals surface area contributed by atoms with E-state index in [1.165, 1.54) is 41.4 Å². The number of carbonyl (C=O) groups excluding carboxylic acids is 1. The third-order valence-electron chi connectivity index (χ3n) is 4.35. The number of piperidine rings is 1. The summed E-state index contributed by atoms with van der Waals surface area (Å²) >= 11 is 1.88. The van der Waals surface area contributed by atoms with Crippen LogP contribution < -0.4 is 4.90 Å². The highest BCUT2D eigenvalue weighted by Gasteiger charge is 2.41. The van der Waals surface area contributed by atoms with E-state index < -0.39 is 0 Å². The highest BCUT2D eigenvalue weighted by Crippen LogP contribution is 2.41. The van der Waals surface area contributed by atoms with Gasteiger partial charge in [-0.25, -0.2) is 4.98 Å². The van der Waals surface area contributed by atoms with Crippen LogP contribution in [0.4, 0.5) is 5.13 Å². The SMILES string of the molecule is O=C1CC2CCC(C1)N2c1nc2c(s1)CCC2. The zero-order valence-electron chi connectivity index (χ0n) is 9.82. The van der Waals surface area contributed by atoms with Crippen molar-refractivity contribution in [3.8, 4) is 0 Å². The predicted octanol–water partition coefficient (Wildman–Crippen LogP) is 2.33. The number of thiazole rings is 1. The van der Waals surface area contributed by atoms with Crippen LogP contribution in [0.15, 0.2) is 0 Å². The Balaban J connectivity index is 1.68. The fourth-order valence-corrected chi connectivity index (χ4v) is 4.86. The number of rotatable bonds is 1. The van der Waals surface area contributed by atoms with E-state index in [9.17, 15) is 4.79 Å². The van der Waals surface area contributed by atoms with Crippen LogP contribution in [-0.4, -0.2) is 22.9 Å². The van der Waals surface area contributed by atoms with Crippen LogP contribution >= 0.6 is 11.3 Å². The summed E-state index contributed by atoms with van der Waals surface area (Å²) in [4.78, 5) is 20.4. The van der Waals surface area contributed by atoms with Crippen molar-refractivity contribution in [2.75, 3.05) is 4.90 Å². The lowest BCUT2D eigenvalue weighted by molar-refractivity contribution is -0.120. The second-order valence-corrected chi connectivity index (χ2v) is 6.52. The molecule has 3 heterocycles. The van der Waals surface area contributed by atoms with Gasteiger partial charge >= 0.3 is 0 Å². The maximum absolute atomic E-state index is 11.6. The molecule has 4 rings (SSSR count). The van der Waals surface area contributed by atoms with Gasteiger partial charge in [-0.05, 0) is 32.1 Å². The quantitative estimate of drug-likeness (QED) is 0.765. The molecule has 1 aromatic rings. The summed E-state index contributed by atoms with van der Waals surface area (Å²) in [7, 11) is 0. The molecule has 4 heteroatoms. The summed E-state index contributed by atoms with van der Waals surface area (Å²) < 4.78 is 0. The molecule has 1 aliphatic carbocycles. The minimum absolute atomic E-state index is 0.451. The first-order valence-corrected chi connectivity index (χ1v) is 7.41. The van der Waals surface area contributed by atoms with Gasteiger partial charge in [-0.15, -0.1) is 11.3 Å². The molecule has 2 unspecified atom stereocenters. The Hall–Kier alpha value is -0.900. The zero-order chi connectivity index (χ0) is 11.4. The summed E-state index contributed by atoms with van der Waals surface area (Å²) in [6.45, 7) is 0. The van der Waals surface area contributed by atoms with E-state index in [1.54, 1.807) is 0 Å². The van der Waals surface area contributed by atoms with Gasteiger partial charge in [0.2, 0.25) is 0 Å². The molecule has 2 saturated heterocycles. The van der Waals surface area contributed by atoms with Crippen LogP contribution in [0.25, 0.3) is 0 Å². The molecule has 0 N–H and O–H groups in total. The Labute approximate surface area is 105 Å². The number of ketones is 1. The first kappa shape index (κ1) is 10.1. The Morgan fingerprint density at radius 1 is 1.18 bits per heavy atom. The normalized spacial score (nSPS) is 31.1. The van der Waals surface area contributed by atoms with Crippen molar-refractivity contribution in [2.45, 2.75) is 57.0 Å². The average molecular weight is 248 g/mol. The smallest absolute Gasteiger partial charge is 0.186 e. The molecule has 3 aliphatic rings. The van der Waals surface area contributed by atoms with Gasteiger partial charge in [0.1, 0.15) is 5.78 Å². The molecule has 0 saturated carbocycles. The minimum Gasteiger partial charge on any atom is -0.341 e.